The van der Waals surface area contributed by atoms with Gasteiger partial charge in [-0.1, -0.05) is 40.2 Å². The molecule has 0 bridgehead atoms. The number of hydrogen-bond acceptors (Lipinski definition) is 2. The summed E-state index contributed by atoms with van der Waals surface area (Å²) >= 11 is 6.86. The molecular weight excluding hydrogens is 372 g/mol. The molecule has 4 heteroatoms. The molecule has 2 aromatic carbocycles. The fourth-order valence-corrected chi connectivity index (χ4v) is 3.24. The van der Waals surface area contributed by atoms with Crippen LogP contribution in [0.2, 0.25) is 0 Å². The van der Waals surface area contributed by atoms with Crippen LogP contribution < -0.4 is 4.74 Å². The minimum atomic E-state index is -0.0544. The first-order valence-corrected chi connectivity index (χ1v) is 7.46. The van der Waals surface area contributed by atoms with E-state index in [0.717, 1.165) is 20.1 Å². The first-order chi connectivity index (χ1) is 9.11. The van der Waals surface area contributed by atoms with Crippen molar-refractivity contribution in [2.24, 2.45) is 0 Å². The number of aliphatic hydroxyl groups is 1. The van der Waals surface area contributed by atoms with E-state index in [2.05, 4.69) is 44.8 Å². The lowest BCUT2D eigenvalue weighted by Crippen LogP contribution is -2.01. The molecule has 0 amide bonds. The fraction of sp³-hybridized carbons (Fsp3) is 0.200. The number of aryl methyl sites for hydroxylation is 1. The van der Waals surface area contributed by atoms with E-state index in [1.165, 1.54) is 5.56 Å². The predicted molar refractivity (Wildman–Crippen MR) is 83.3 cm³/mol. The highest BCUT2D eigenvalue weighted by Crippen LogP contribution is 2.33. The molecule has 2 nitrogen and oxygen atoms in total. The molecule has 0 heterocycles. The van der Waals surface area contributed by atoms with E-state index < -0.39 is 0 Å². The van der Waals surface area contributed by atoms with E-state index in [0.29, 0.717) is 12.4 Å². The van der Waals surface area contributed by atoms with Crippen molar-refractivity contribution in [2.45, 2.75) is 20.1 Å². The molecule has 100 valence electrons. The van der Waals surface area contributed by atoms with Crippen LogP contribution in [0.5, 0.6) is 5.75 Å². The van der Waals surface area contributed by atoms with Gasteiger partial charge in [0.05, 0.1) is 11.1 Å². The van der Waals surface area contributed by atoms with Crippen LogP contribution in [0.15, 0.2) is 45.3 Å². The summed E-state index contributed by atoms with van der Waals surface area (Å²) in [6, 6.07) is 11.9. The summed E-state index contributed by atoms with van der Waals surface area (Å²) in [6.07, 6.45) is 0. The van der Waals surface area contributed by atoms with Crippen LogP contribution in [0.25, 0.3) is 0 Å². The van der Waals surface area contributed by atoms with Crippen molar-refractivity contribution in [2.75, 3.05) is 0 Å². The maximum absolute atomic E-state index is 9.40. The zero-order valence-electron chi connectivity index (χ0n) is 10.5. The molecular formula is C15H14Br2O2. The first kappa shape index (κ1) is 14.6. The summed E-state index contributed by atoms with van der Waals surface area (Å²) in [7, 11) is 0. The zero-order valence-corrected chi connectivity index (χ0v) is 13.7. The molecule has 0 saturated carbocycles. The zero-order chi connectivity index (χ0) is 13.8. The molecule has 0 aromatic heterocycles. The average molecular weight is 386 g/mol. The smallest absolute Gasteiger partial charge is 0.139 e. The molecule has 0 unspecified atom stereocenters. The maximum atomic E-state index is 9.40. The van der Waals surface area contributed by atoms with Crippen molar-refractivity contribution in [3.8, 4) is 5.75 Å². The van der Waals surface area contributed by atoms with Crippen LogP contribution >= 0.6 is 31.9 Å². The van der Waals surface area contributed by atoms with Crippen molar-refractivity contribution in [1.82, 2.24) is 0 Å². The van der Waals surface area contributed by atoms with Gasteiger partial charge >= 0.3 is 0 Å². The molecule has 0 aliphatic carbocycles. The second-order valence-electron chi connectivity index (χ2n) is 4.25. The van der Waals surface area contributed by atoms with Crippen LogP contribution in [0, 0.1) is 6.92 Å². The highest BCUT2D eigenvalue weighted by Gasteiger charge is 2.10. The van der Waals surface area contributed by atoms with Crippen molar-refractivity contribution in [3.05, 3.63) is 62.0 Å². The molecule has 2 rings (SSSR count). The third-order valence-corrected chi connectivity index (χ3v) is 3.94. The number of rotatable bonds is 4. The second-order valence-corrected chi connectivity index (χ2v) is 6.02. The van der Waals surface area contributed by atoms with Gasteiger partial charge in [0.1, 0.15) is 12.4 Å². The van der Waals surface area contributed by atoms with Crippen LogP contribution in [0.3, 0.4) is 0 Å². The Morgan fingerprint density at radius 1 is 1.11 bits per heavy atom. The summed E-state index contributed by atoms with van der Waals surface area (Å²) in [4.78, 5) is 0. The van der Waals surface area contributed by atoms with E-state index in [9.17, 15) is 5.11 Å². The Labute approximate surface area is 129 Å². The molecule has 0 spiro atoms. The average Bonchev–Trinajstić information content (AvgIpc) is 2.38. The Balaban J connectivity index is 2.22. The third-order valence-electron chi connectivity index (χ3n) is 2.89. The fourth-order valence-electron chi connectivity index (χ4n) is 1.81. The van der Waals surface area contributed by atoms with E-state index in [4.69, 9.17) is 4.74 Å². The molecule has 0 saturated heterocycles. The van der Waals surface area contributed by atoms with Crippen LogP contribution in [0.4, 0.5) is 0 Å². The van der Waals surface area contributed by atoms with Gasteiger partial charge in [-0.15, -0.1) is 0 Å². The lowest BCUT2D eigenvalue weighted by Gasteiger charge is -2.14. The van der Waals surface area contributed by atoms with Gasteiger partial charge in [-0.3, -0.25) is 0 Å². The summed E-state index contributed by atoms with van der Waals surface area (Å²) in [5, 5.41) is 9.40. The molecule has 1 N–H and O–H groups in total. The molecule has 0 aliphatic rings. The van der Waals surface area contributed by atoms with Crippen molar-refractivity contribution in [1.29, 1.82) is 0 Å². The second kappa shape index (κ2) is 6.55. The number of halogens is 2. The Morgan fingerprint density at radius 3 is 2.53 bits per heavy atom. The summed E-state index contributed by atoms with van der Waals surface area (Å²) in [6.45, 7) is 2.49. The first-order valence-electron chi connectivity index (χ1n) is 5.88. The monoisotopic (exact) mass is 384 g/mol. The standard InChI is InChI=1S/C15H14Br2O2/c1-10-4-2-3-5-11(10)9-19-15-12(8-18)6-13(16)7-14(15)17/h2-7,18H,8-9H2,1H3. The number of hydrogen-bond donors (Lipinski definition) is 1. The van der Waals surface area contributed by atoms with E-state index >= 15 is 0 Å². The lowest BCUT2D eigenvalue weighted by molar-refractivity contribution is 0.257. The highest BCUT2D eigenvalue weighted by atomic mass is 79.9. The third kappa shape index (κ3) is 3.59. The maximum Gasteiger partial charge on any atom is 0.139 e. The predicted octanol–water partition coefficient (Wildman–Crippen LogP) is 4.59. The van der Waals surface area contributed by atoms with Gasteiger partial charge in [0.2, 0.25) is 0 Å². The van der Waals surface area contributed by atoms with Gasteiger partial charge in [-0.2, -0.15) is 0 Å². The molecule has 0 fully saturated rings. The Hall–Kier alpha value is -0.840. The topological polar surface area (TPSA) is 29.5 Å². The Morgan fingerprint density at radius 2 is 1.84 bits per heavy atom. The summed E-state index contributed by atoms with van der Waals surface area (Å²) in [5.74, 6) is 0.689. The Bertz CT molecular complexity index is 582. The van der Waals surface area contributed by atoms with Gasteiger partial charge in [0, 0.05) is 10.0 Å². The highest BCUT2D eigenvalue weighted by molar-refractivity contribution is 9.11. The Kier molecular flexibility index (Phi) is 5.02. The number of benzene rings is 2. The molecule has 0 radical (unpaired) electrons. The normalized spacial score (nSPS) is 10.5. The molecule has 0 aliphatic heterocycles. The SMILES string of the molecule is Cc1ccccc1COc1c(Br)cc(Br)cc1CO. The lowest BCUT2D eigenvalue weighted by atomic mass is 10.1. The summed E-state index contributed by atoms with van der Waals surface area (Å²) in [5.41, 5.74) is 3.09. The van der Waals surface area contributed by atoms with Crippen LogP contribution in [-0.2, 0) is 13.2 Å². The van der Waals surface area contributed by atoms with Gasteiger partial charge in [-0.05, 0) is 46.1 Å². The van der Waals surface area contributed by atoms with Gasteiger partial charge in [0.15, 0.2) is 0 Å². The molecule has 19 heavy (non-hydrogen) atoms. The van der Waals surface area contributed by atoms with E-state index in [1.807, 2.05) is 30.3 Å². The quantitative estimate of drug-likeness (QED) is 0.833. The van der Waals surface area contributed by atoms with Crippen molar-refractivity contribution in [3.63, 3.8) is 0 Å². The van der Waals surface area contributed by atoms with Crippen molar-refractivity contribution < 1.29 is 9.84 Å². The summed E-state index contributed by atoms with van der Waals surface area (Å²) < 4.78 is 7.59. The minimum Gasteiger partial charge on any atom is -0.487 e. The largest absolute Gasteiger partial charge is 0.487 e. The van der Waals surface area contributed by atoms with E-state index in [1.54, 1.807) is 0 Å². The molecule has 0 atom stereocenters. The van der Waals surface area contributed by atoms with Crippen molar-refractivity contribution >= 4 is 31.9 Å². The minimum absolute atomic E-state index is 0.0544. The van der Waals surface area contributed by atoms with E-state index in [-0.39, 0.29) is 6.61 Å². The van der Waals surface area contributed by atoms with Gasteiger partial charge in [-0.25, -0.2) is 0 Å². The van der Waals surface area contributed by atoms with Crippen LogP contribution in [0.1, 0.15) is 16.7 Å². The van der Waals surface area contributed by atoms with Crippen LogP contribution in [-0.4, -0.2) is 5.11 Å². The number of aliphatic hydroxyl groups excluding tert-OH is 1. The molecule has 2 aromatic rings. The van der Waals surface area contributed by atoms with Gasteiger partial charge < -0.3 is 9.84 Å². The number of ether oxygens (including phenoxy) is 1. The van der Waals surface area contributed by atoms with Gasteiger partial charge in [0.25, 0.3) is 0 Å².